The number of nitrogens with one attached hydrogen (secondary N) is 2. The number of aromatic amines is 1. The first-order valence-corrected chi connectivity index (χ1v) is 10.6. The molecule has 1 amide bonds. The van der Waals surface area contributed by atoms with E-state index in [0.717, 1.165) is 29.8 Å². The van der Waals surface area contributed by atoms with Crippen LogP contribution >= 0.6 is 0 Å². The topological polar surface area (TPSA) is 95.9 Å². The van der Waals surface area contributed by atoms with Gasteiger partial charge >= 0.3 is 0 Å². The molecule has 8 heteroatoms. The van der Waals surface area contributed by atoms with Gasteiger partial charge in [-0.1, -0.05) is 18.2 Å². The van der Waals surface area contributed by atoms with Gasteiger partial charge in [-0.25, -0.2) is 4.98 Å². The molecule has 0 radical (unpaired) electrons. The van der Waals surface area contributed by atoms with E-state index in [0.29, 0.717) is 16.5 Å². The van der Waals surface area contributed by atoms with Gasteiger partial charge in [-0.05, 0) is 49.4 Å². The minimum Gasteiger partial charge on any atom is -0.347 e. The van der Waals surface area contributed by atoms with Gasteiger partial charge in [0.1, 0.15) is 0 Å². The van der Waals surface area contributed by atoms with Crippen molar-refractivity contribution in [1.29, 1.82) is 0 Å². The van der Waals surface area contributed by atoms with Crippen LogP contribution in [-0.2, 0) is 0 Å². The highest BCUT2D eigenvalue weighted by Gasteiger charge is 2.25. The summed E-state index contributed by atoms with van der Waals surface area (Å²) in [4.78, 5) is 32.6. The molecular weight excluding hydrogens is 404 g/mol. The highest BCUT2D eigenvalue weighted by atomic mass is 16.1. The molecule has 32 heavy (non-hydrogen) atoms. The summed E-state index contributed by atoms with van der Waals surface area (Å²) in [5.74, 6) is -0.0918. The van der Waals surface area contributed by atoms with E-state index in [9.17, 15) is 9.59 Å². The molecule has 1 saturated heterocycles. The zero-order valence-electron chi connectivity index (χ0n) is 17.9. The Bertz CT molecular complexity index is 1340. The Hall–Kier alpha value is -3.78. The Morgan fingerprint density at radius 3 is 2.78 bits per heavy atom. The first-order chi connectivity index (χ1) is 15.5. The third-order valence-corrected chi connectivity index (χ3v) is 6.06. The van der Waals surface area contributed by atoms with E-state index in [-0.39, 0.29) is 23.6 Å². The standard InChI is InChI=1S/C24H24N6O2/c1-15(16-4-3-5-18(8-16)23(31)28-20-12-29(2)13-20)30-14-25-22-7-6-17(9-21(22)24(30)32)19-10-26-27-11-19/h3-11,14-15,20H,12-13H2,1-2H3,(H,26,27)(H,28,31). The number of H-pyrrole nitrogens is 1. The second-order valence-electron chi connectivity index (χ2n) is 8.37. The van der Waals surface area contributed by atoms with E-state index >= 15 is 0 Å². The molecule has 4 aromatic rings. The SMILES string of the molecule is CC(c1cccc(C(=O)NC2CN(C)C2)c1)n1cnc2ccc(-c3cn[nH]c3)cc2c1=O. The van der Waals surface area contributed by atoms with Gasteiger partial charge in [-0.2, -0.15) is 5.10 Å². The maximum Gasteiger partial charge on any atom is 0.261 e. The lowest BCUT2D eigenvalue weighted by Gasteiger charge is -2.36. The van der Waals surface area contributed by atoms with Gasteiger partial charge in [0.25, 0.3) is 11.5 Å². The van der Waals surface area contributed by atoms with Crippen LogP contribution in [0, 0.1) is 0 Å². The van der Waals surface area contributed by atoms with E-state index in [1.165, 1.54) is 0 Å². The van der Waals surface area contributed by atoms with Crippen LogP contribution in [0.5, 0.6) is 0 Å². The molecule has 8 nitrogen and oxygen atoms in total. The summed E-state index contributed by atoms with van der Waals surface area (Å²) in [6.45, 7) is 3.66. The van der Waals surface area contributed by atoms with E-state index < -0.39 is 0 Å². The summed E-state index contributed by atoms with van der Waals surface area (Å²) in [6, 6.07) is 12.9. The molecule has 2 aromatic carbocycles. The van der Waals surface area contributed by atoms with Crippen LogP contribution in [0.25, 0.3) is 22.0 Å². The Balaban J connectivity index is 1.45. The predicted octanol–water partition coefficient (Wildman–Crippen LogP) is 2.44. The molecule has 5 rings (SSSR count). The second kappa shape index (κ2) is 8.05. The van der Waals surface area contributed by atoms with Gasteiger partial charge in [0.15, 0.2) is 0 Å². The largest absolute Gasteiger partial charge is 0.347 e. The first kappa shape index (κ1) is 20.1. The fourth-order valence-electron chi connectivity index (χ4n) is 4.16. The highest BCUT2D eigenvalue weighted by molar-refractivity contribution is 5.94. The summed E-state index contributed by atoms with van der Waals surface area (Å²) in [5, 5.41) is 10.4. The molecular formula is C24H24N6O2. The monoisotopic (exact) mass is 428 g/mol. The Labute approximate surface area is 184 Å². The second-order valence-corrected chi connectivity index (χ2v) is 8.37. The van der Waals surface area contributed by atoms with Crippen molar-refractivity contribution in [2.45, 2.75) is 19.0 Å². The fourth-order valence-corrected chi connectivity index (χ4v) is 4.16. The molecule has 0 spiro atoms. The van der Waals surface area contributed by atoms with Crippen molar-refractivity contribution in [3.05, 3.63) is 82.7 Å². The van der Waals surface area contributed by atoms with Crippen molar-refractivity contribution < 1.29 is 4.79 Å². The van der Waals surface area contributed by atoms with Crippen molar-refractivity contribution in [2.24, 2.45) is 0 Å². The van der Waals surface area contributed by atoms with Crippen molar-refractivity contribution in [3.8, 4) is 11.1 Å². The molecule has 0 saturated carbocycles. The molecule has 162 valence electrons. The third-order valence-electron chi connectivity index (χ3n) is 6.06. The van der Waals surface area contributed by atoms with Gasteiger partial charge in [0.05, 0.1) is 35.5 Å². The minimum absolute atomic E-state index is 0.0918. The zero-order valence-corrected chi connectivity index (χ0v) is 17.9. The number of hydrogen-bond donors (Lipinski definition) is 2. The number of likely N-dealkylation sites (tertiary alicyclic amines) is 1. The molecule has 2 aromatic heterocycles. The maximum absolute atomic E-state index is 13.3. The van der Waals surface area contributed by atoms with Crippen molar-refractivity contribution in [3.63, 3.8) is 0 Å². The fraction of sp³-hybridized carbons (Fsp3) is 0.250. The molecule has 1 aliphatic rings. The van der Waals surface area contributed by atoms with Crippen LogP contribution in [-0.4, -0.2) is 56.7 Å². The molecule has 1 atom stereocenters. The van der Waals surface area contributed by atoms with Crippen LogP contribution in [0.3, 0.4) is 0 Å². The molecule has 3 heterocycles. The maximum atomic E-state index is 13.3. The van der Waals surface area contributed by atoms with Crippen molar-refractivity contribution in [1.82, 2.24) is 30.0 Å². The van der Waals surface area contributed by atoms with Crippen LogP contribution in [0.2, 0.25) is 0 Å². The van der Waals surface area contributed by atoms with E-state index in [1.807, 2.05) is 50.4 Å². The number of hydrogen-bond acceptors (Lipinski definition) is 5. The zero-order chi connectivity index (χ0) is 22.2. The lowest BCUT2D eigenvalue weighted by atomic mass is 10.0. The van der Waals surface area contributed by atoms with Crippen molar-refractivity contribution in [2.75, 3.05) is 20.1 Å². The van der Waals surface area contributed by atoms with Crippen LogP contribution in [0.4, 0.5) is 0 Å². The number of fused-ring (bicyclic) bond motifs is 1. The smallest absolute Gasteiger partial charge is 0.261 e. The van der Waals surface area contributed by atoms with Gasteiger partial charge in [-0.15, -0.1) is 0 Å². The Kier molecular flexibility index (Phi) is 5.07. The minimum atomic E-state index is -0.278. The van der Waals surface area contributed by atoms with Gasteiger partial charge in [0, 0.05) is 30.4 Å². The number of nitrogens with zero attached hydrogens (tertiary/aromatic N) is 4. The summed E-state index contributed by atoms with van der Waals surface area (Å²) in [7, 11) is 2.03. The summed E-state index contributed by atoms with van der Waals surface area (Å²) in [5.41, 5.74) is 3.79. The normalized spacial score (nSPS) is 15.4. The van der Waals surface area contributed by atoms with Gasteiger partial charge in [-0.3, -0.25) is 19.3 Å². The van der Waals surface area contributed by atoms with E-state index in [4.69, 9.17) is 0 Å². The van der Waals surface area contributed by atoms with Crippen LogP contribution in [0.15, 0.2) is 66.0 Å². The molecule has 0 bridgehead atoms. The quantitative estimate of drug-likeness (QED) is 0.509. The first-order valence-electron chi connectivity index (χ1n) is 10.6. The van der Waals surface area contributed by atoms with Crippen LogP contribution < -0.4 is 10.9 Å². The van der Waals surface area contributed by atoms with Crippen LogP contribution in [0.1, 0.15) is 28.9 Å². The molecule has 1 aliphatic heterocycles. The number of amides is 1. The number of benzene rings is 2. The number of rotatable bonds is 5. The average molecular weight is 428 g/mol. The number of aromatic nitrogens is 4. The van der Waals surface area contributed by atoms with Gasteiger partial charge < -0.3 is 10.2 Å². The molecule has 1 unspecified atom stereocenters. The highest BCUT2D eigenvalue weighted by Crippen LogP contribution is 2.23. The average Bonchev–Trinajstić information content (AvgIpc) is 3.33. The number of carbonyl (C=O) groups is 1. The van der Waals surface area contributed by atoms with Crippen molar-refractivity contribution >= 4 is 16.8 Å². The van der Waals surface area contributed by atoms with E-state index in [2.05, 4.69) is 25.4 Å². The molecule has 2 N–H and O–H groups in total. The predicted molar refractivity (Wildman–Crippen MR) is 123 cm³/mol. The summed E-state index contributed by atoms with van der Waals surface area (Å²) >= 11 is 0. The summed E-state index contributed by atoms with van der Waals surface area (Å²) < 4.78 is 1.61. The number of carbonyl (C=O) groups excluding carboxylic acids is 1. The van der Waals surface area contributed by atoms with E-state index in [1.54, 1.807) is 29.4 Å². The van der Waals surface area contributed by atoms with Gasteiger partial charge in [0.2, 0.25) is 0 Å². The summed E-state index contributed by atoms with van der Waals surface area (Å²) in [6.07, 6.45) is 5.08. The Morgan fingerprint density at radius 1 is 1.19 bits per heavy atom. The lowest BCUT2D eigenvalue weighted by Crippen LogP contribution is -2.57. The third kappa shape index (κ3) is 3.69. The molecule has 1 fully saturated rings. The Morgan fingerprint density at radius 2 is 2.03 bits per heavy atom. The number of likely N-dealkylation sites (N-methyl/N-ethyl adjacent to an activating group) is 1. The lowest BCUT2D eigenvalue weighted by molar-refractivity contribution is 0.0857. The molecule has 0 aliphatic carbocycles.